The number of rotatable bonds is 7. The van der Waals surface area contributed by atoms with E-state index in [0.717, 1.165) is 23.1 Å². The van der Waals surface area contributed by atoms with Crippen molar-refractivity contribution in [3.05, 3.63) is 87.8 Å². The molecule has 2 aromatic carbocycles. The maximum atomic E-state index is 13.5. The first-order valence-electron chi connectivity index (χ1n) is 9.01. The minimum absolute atomic E-state index is 0.114. The van der Waals surface area contributed by atoms with Gasteiger partial charge in [-0.1, -0.05) is 12.1 Å². The first-order chi connectivity index (χ1) is 14.4. The molecule has 0 aliphatic rings. The van der Waals surface area contributed by atoms with E-state index in [-0.39, 0.29) is 36.4 Å². The number of nitrogens with zero attached hydrogens (tertiary/aromatic N) is 3. The number of hydrogen-bond acceptors (Lipinski definition) is 4. The summed E-state index contributed by atoms with van der Waals surface area (Å²) < 4.78 is 33.2. The zero-order valence-corrected chi connectivity index (χ0v) is 16.1. The quantitative estimate of drug-likeness (QED) is 0.641. The normalized spacial score (nSPS) is 10.8. The van der Waals surface area contributed by atoms with E-state index in [0.29, 0.717) is 11.3 Å². The number of aromatic nitrogens is 2. The molecule has 0 bridgehead atoms. The number of ether oxygens (including phenoxy) is 1. The molecule has 3 aromatic rings. The van der Waals surface area contributed by atoms with Crippen LogP contribution in [0, 0.1) is 11.6 Å². The van der Waals surface area contributed by atoms with E-state index in [1.165, 1.54) is 24.1 Å². The fraction of sp³-hybridized carbons (Fsp3) is 0.190. The Morgan fingerprint density at radius 1 is 1.17 bits per heavy atom. The van der Waals surface area contributed by atoms with Gasteiger partial charge in [0.15, 0.2) is 0 Å². The summed E-state index contributed by atoms with van der Waals surface area (Å²) in [5, 5.41) is 13.6. The maximum Gasteiger partial charge on any atom is 0.411 e. The first-order valence-corrected chi connectivity index (χ1v) is 9.01. The van der Waals surface area contributed by atoms with Gasteiger partial charge in [0.1, 0.15) is 17.3 Å². The Hall–Kier alpha value is -3.59. The minimum Gasteiger partial charge on any atom is -0.465 e. The van der Waals surface area contributed by atoms with Crippen molar-refractivity contribution in [3.8, 4) is 5.69 Å². The molecule has 30 heavy (non-hydrogen) atoms. The summed E-state index contributed by atoms with van der Waals surface area (Å²) in [6, 6.07) is 10.9. The maximum absolute atomic E-state index is 13.5. The summed E-state index contributed by atoms with van der Waals surface area (Å²) in [5.41, 5.74) is 1.03. The van der Waals surface area contributed by atoms with Crippen LogP contribution in [-0.2, 0) is 11.2 Å². The van der Waals surface area contributed by atoms with Gasteiger partial charge in [-0.2, -0.15) is 5.10 Å². The van der Waals surface area contributed by atoms with Crippen molar-refractivity contribution in [2.24, 2.45) is 0 Å². The number of carbonyl (C=O) groups is 1. The summed E-state index contributed by atoms with van der Waals surface area (Å²) >= 11 is 0. The fourth-order valence-corrected chi connectivity index (χ4v) is 2.93. The molecule has 0 unspecified atom stereocenters. The third kappa shape index (κ3) is 5.06. The van der Waals surface area contributed by atoms with E-state index < -0.39 is 17.7 Å². The number of halogens is 2. The number of methoxy groups -OCH3 is 1. The molecule has 1 N–H and O–H groups in total. The van der Waals surface area contributed by atoms with Crippen LogP contribution in [0.5, 0.6) is 0 Å². The van der Waals surface area contributed by atoms with Gasteiger partial charge in [0, 0.05) is 37.5 Å². The average molecular weight is 415 g/mol. The molecule has 0 saturated carbocycles. The smallest absolute Gasteiger partial charge is 0.411 e. The number of amides is 1. The predicted molar refractivity (Wildman–Crippen MR) is 106 cm³/mol. The van der Waals surface area contributed by atoms with E-state index in [2.05, 4.69) is 5.10 Å². The molecule has 1 aromatic heterocycles. The molecule has 1 heterocycles. The summed E-state index contributed by atoms with van der Waals surface area (Å²) in [4.78, 5) is 24.9. The lowest BCUT2D eigenvalue weighted by Crippen LogP contribution is -2.32. The fourth-order valence-electron chi connectivity index (χ4n) is 2.93. The Morgan fingerprint density at radius 3 is 2.57 bits per heavy atom. The van der Waals surface area contributed by atoms with Crippen LogP contribution in [0.25, 0.3) is 5.69 Å². The van der Waals surface area contributed by atoms with Crippen LogP contribution < -0.4 is 10.3 Å². The standard InChI is InChI=1S/C21H19F2N3O4/c1-30-8-7-25(21(28)29)17-4-2-3-14(9-17)10-19-20(27)5-6-26(24-19)18-12-15(22)11-16(23)13-18/h2-6,9,11-13H,7-8,10H2,1H3,(H,28,29). The molecule has 0 aliphatic heterocycles. The van der Waals surface area contributed by atoms with Crippen LogP contribution in [0.4, 0.5) is 19.3 Å². The molecule has 0 aliphatic carbocycles. The Balaban J connectivity index is 1.91. The molecule has 0 radical (unpaired) electrons. The van der Waals surface area contributed by atoms with Gasteiger partial charge in [0.2, 0.25) is 5.43 Å². The summed E-state index contributed by atoms with van der Waals surface area (Å²) in [5.74, 6) is -1.52. The highest BCUT2D eigenvalue weighted by Gasteiger charge is 2.15. The van der Waals surface area contributed by atoms with Gasteiger partial charge in [-0.05, 0) is 29.8 Å². The molecule has 0 spiro atoms. The lowest BCUT2D eigenvalue weighted by Gasteiger charge is -2.19. The van der Waals surface area contributed by atoms with Crippen LogP contribution in [0.15, 0.2) is 59.5 Å². The number of benzene rings is 2. The van der Waals surface area contributed by atoms with Crippen LogP contribution >= 0.6 is 0 Å². The summed E-state index contributed by atoms with van der Waals surface area (Å²) in [6.45, 7) is 0.377. The second kappa shape index (κ2) is 9.27. The van der Waals surface area contributed by atoms with E-state index >= 15 is 0 Å². The van der Waals surface area contributed by atoms with Gasteiger partial charge < -0.3 is 9.84 Å². The molecule has 0 fully saturated rings. The lowest BCUT2D eigenvalue weighted by molar-refractivity contribution is 0.186. The van der Waals surface area contributed by atoms with Crippen molar-refractivity contribution in [1.29, 1.82) is 0 Å². The van der Waals surface area contributed by atoms with Gasteiger partial charge in [0.05, 0.1) is 18.8 Å². The van der Waals surface area contributed by atoms with E-state index in [1.807, 2.05) is 0 Å². The monoisotopic (exact) mass is 415 g/mol. The number of anilines is 1. The lowest BCUT2D eigenvalue weighted by atomic mass is 10.1. The SMILES string of the molecule is COCCN(C(=O)O)c1cccc(Cc2nn(-c3cc(F)cc(F)c3)ccc2=O)c1. The van der Waals surface area contributed by atoms with Gasteiger partial charge in [0.25, 0.3) is 0 Å². The molecule has 9 heteroatoms. The molecule has 3 rings (SSSR count). The van der Waals surface area contributed by atoms with Crippen LogP contribution in [-0.4, -0.2) is 41.2 Å². The zero-order valence-electron chi connectivity index (χ0n) is 16.1. The molecule has 0 saturated heterocycles. The summed E-state index contributed by atoms with van der Waals surface area (Å²) in [7, 11) is 1.48. The zero-order chi connectivity index (χ0) is 21.7. The van der Waals surface area contributed by atoms with Crippen molar-refractivity contribution in [1.82, 2.24) is 9.78 Å². The Morgan fingerprint density at radius 2 is 1.90 bits per heavy atom. The third-order valence-corrected chi connectivity index (χ3v) is 4.34. The van der Waals surface area contributed by atoms with Crippen LogP contribution in [0.3, 0.4) is 0 Å². The van der Waals surface area contributed by atoms with Crippen molar-refractivity contribution >= 4 is 11.8 Å². The minimum atomic E-state index is -1.13. The van der Waals surface area contributed by atoms with Crippen molar-refractivity contribution < 1.29 is 23.4 Å². The van der Waals surface area contributed by atoms with E-state index in [9.17, 15) is 23.5 Å². The van der Waals surface area contributed by atoms with Crippen molar-refractivity contribution in [2.45, 2.75) is 6.42 Å². The molecular weight excluding hydrogens is 396 g/mol. The molecule has 156 valence electrons. The molecule has 0 atom stereocenters. The second-order valence-electron chi connectivity index (χ2n) is 6.47. The van der Waals surface area contributed by atoms with Gasteiger partial charge in [-0.15, -0.1) is 0 Å². The van der Waals surface area contributed by atoms with E-state index in [4.69, 9.17) is 4.74 Å². The first kappa shape index (κ1) is 21.1. The van der Waals surface area contributed by atoms with Gasteiger partial charge in [-0.25, -0.2) is 18.3 Å². The third-order valence-electron chi connectivity index (χ3n) is 4.34. The van der Waals surface area contributed by atoms with Crippen LogP contribution in [0.1, 0.15) is 11.3 Å². The summed E-state index contributed by atoms with van der Waals surface area (Å²) in [6.07, 6.45) is 0.314. The highest BCUT2D eigenvalue weighted by Crippen LogP contribution is 2.18. The predicted octanol–water partition coefficient (Wildman–Crippen LogP) is 3.23. The molecule has 1 amide bonds. The second-order valence-corrected chi connectivity index (χ2v) is 6.47. The van der Waals surface area contributed by atoms with E-state index in [1.54, 1.807) is 24.3 Å². The Labute approximate surface area is 170 Å². The van der Waals surface area contributed by atoms with Crippen molar-refractivity contribution in [3.63, 3.8) is 0 Å². The highest BCUT2D eigenvalue weighted by atomic mass is 19.1. The highest BCUT2D eigenvalue weighted by molar-refractivity contribution is 5.86. The molecule has 7 nitrogen and oxygen atoms in total. The van der Waals surface area contributed by atoms with Gasteiger partial charge >= 0.3 is 6.09 Å². The van der Waals surface area contributed by atoms with Gasteiger partial charge in [-0.3, -0.25) is 9.69 Å². The number of carboxylic acid groups (broad SMARTS) is 1. The Kier molecular flexibility index (Phi) is 6.53. The topological polar surface area (TPSA) is 84.7 Å². The largest absolute Gasteiger partial charge is 0.465 e. The van der Waals surface area contributed by atoms with Crippen molar-refractivity contribution in [2.75, 3.05) is 25.2 Å². The Bertz CT molecular complexity index is 1100. The van der Waals surface area contributed by atoms with Crippen LogP contribution in [0.2, 0.25) is 0 Å². The number of hydrogen-bond donors (Lipinski definition) is 1. The average Bonchev–Trinajstić information content (AvgIpc) is 2.69. The molecular formula is C21H19F2N3O4.